The van der Waals surface area contributed by atoms with Gasteiger partial charge < -0.3 is 14.6 Å². The van der Waals surface area contributed by atoms with E-state index < -0.39 is 0 Å². The third-order valence-corrected chi connectivity index (χ3v) is 3.43. The van der Waals surface area contributed by atoms with E-state index in [1.165, 1.54) is 6.42 Å². The number of rotatable bonds is 4. The number of nitrogens with one attached hydrogen (secondary N) is 1. The summed E-state index contributed by atoms with van der Waals surface area (Å²) in [6.07, 6.45) is 6.11. The van der Waals surface area contributed by atoms with Crippen LogP contribution in [0.2, 0.25) is 0 Å². The first-order valence-corrected chi connectivity index (χ1v) is 6.46. The van der Waals surface area contributed by atoms with Gasteiger partial charge in [-0.15, -0.1) is 0 Å². The Balaban J connectivity index is 1.94. The lowest BCUT2D eigenvalue weighted by molar-refractivity contribution is -0.0594. The molecule has 0 spiro atoms. The fraction of sp³-hybridized carbons (Fsp3) is 0.769. The molecule has 1 aliphatic heterocycles. The molecular weight excluding hydrogens is 214 g/mol. The molecule has 2 heterocycles. The number of ether oxygens (including phenoxy) is 1. The van der Waals surface area contributed by atoms with E-state index in [2.05, 4.69) is 35.6 Å². The zero-order valence-electron chi connectivity index (χ0n) is 11.1. The minimum absolute atomic E-state index is 0.0235. The van der Waals surface area contributed by atoms with Gasteiger partial charge in [-0.2, -0.15) is 0 Å². The molecule has 1 saturated heterocycles. The molecule has 4 heteroatoms. The highest BCUT2D eigenvalue weighted by Gasteiger charge is 2.27. The first kappa shape index (κ1) is 12.6. The second-order valence-corrected chi connectivity index (χ2v) is 5.40. The topological polar surface area (TPSA) is 39.1 Å². The molecule has 0 amide bonds. The fourth-order valence-corrected chi connectivity index (χ4v) is 2.31. The van der Waals surface area contributed by atoms with E-state index in [1.54, 1.807) is 0 Å². The van der Waals surface area contributed by atoms with Crippen LogP contribution in [0.5, 0.6) is 0 Å². The van der Waals surface area contributed by atoms with Crippen LogP contribution in [0.25, 0.3) is 0 Å². The smallest absolute Gasteiger partial charge is 0.0951 e. The largest absolute Gasteiger partial charge is 0.368 e. The maximum absolute atomic E-state index is 6.08. The highest BCUT2D eigenvalue weighted by Crippen LogP contribution is 2.22. The summed E-state index contributed by atoms with van der Waals surface area (Å²) in [7, 11) is 0. The molecule has 0 radical (unpaired) electrons. The van der Waals surface area contributed by atoms with Crippen LogP contribution in [-0.4, -0.2) is 28.2 Å². The molecule has 0 bridgehead atoms. The van der Waals surface area contributed by atoms with Gasteiger partial charge in [0.15, 0.2) is 0 Å². The molecule has 4 nitrogen and oxygen atoms in total. The summed E-state index contributed by atoms with van der Waals surface area (Å²) in [6.45, 7) is 9.22. The van der Waals surface area contributed by atoms with Crippen molar-refractivity contribution in [3.8, 4) is 0 Å². The second-order valence-electron chi connectivity index (χ2n) is 5.40. The second kappa shape index (κ2) is 5.19. The van der Waals surface area contributed by atoms with Crippen molar-refractivity contribution in [3.05, 3.63) is 18.2 Å². The minimum Gasteiger partial charge on any atom is -0.368 e. The molecule has 1 aliphatic rings. The Morgan fingerprint density at radius 2 is 2.41 bits per heavy atom. The van der Waals surface area contributed by atoms with Crippen LogP contribution in [-0.2, 0) is 11.3 Å². The number of hydrogen-bond acceptors (Lipinski definition) is 3. The molecule has 1 unspecified atom stereocenters. The van der Waals surface area contributed by atoms with Crippen molar-refractivity contribution in [3.63, 3.8) is 0 Å². The Labute approximate surface area is 103 Å². The minimum atomic E-state index is -0.0235. The molecule has 17 heavy (non-hydrogen) atoms. The summed E-state index contributed by atoms with van der Waals surface area (Å²) in [4.78, 5) is 4.20. The van der Waals surface area contributed by atoms with E-state index in [4.69, 9.17) is 4.74 Å². The predicted octanol–water partition coefficient (Wildman–Crippen LogP) is 2.12. The van der Waals surface area contributed by atoms with Crippen LogP contribution >= 0.6 is 0 Å². The maximum Gasteiger partial charge on any atom is 0.0951 e. The van der Waals surface area contributed by atoms with E-state index in [-0.39, 0.29) is 5.60 Å². The van der Waals surface area contributed by atoms with Crippen molar-refractivity contribution >= 4 is 0 Å². The quantitative estimate of drug-likeness (QED) is 0.872. The van der Waals surface area contributed by atoms with Gasteiger partial charge in [-0.25, -0.2) is 4.98 Å². The first-order chi connectivity index (χ1) is 8.11. The van der Waals surface area contributed by atoms with Gasteiger partial charge in [0, 0.05) is 12.6 Å². The van der Waals surface area contributed by atoms with Gasteiger partial charge in [0.1, 0.15) is 0 Å². The number of nitrogens with zero attached hydrogens (tertiary/aromatic N) is 2. The van der Waals surface area contributed by atoms with Crippen LogP contribution in [0.3, 0.4) is 0 Å². The van der Waals surface area contributed by atoms with Crippen molar-refractivity contribution in [1.29, 1.82) is 0 Å². The molecule has 1 fully saturated rings. The Morgan fingerprint density at radius 1 is 1.59 bits per heavy atom. The van der Waals surface area contributed by atoms with Crippen LogP contribution in [0.4, 0.5) is 0 Å². The van der Waals surface area contributed by atoms with Gasteiger partial charge in [-0.1, -0.05) is 0 Å². The molecule has 2 rings (SSSR count). The molecule has 0 aromatic carbocycles. The van der Waals surface area contributed by atoms with E-state index in [1.807, 2.05) is 12.5 Å². The van der Waals surface area contributed by atoms with Gasteiger partial charge in [0.05, 0.1) is 30.4 Å². The SMILES string of the molecule is CC(C)n1cncc1COC1(C)CCCNC1. The zero-order chi connectivity index (χ0) is 12.3. The summed E-state index contributed by atoms with van der Waals surface area (Å²) < 4.78 is 8.25. The van der Waals surface area contributed by atoms with Gasteiger partial charge in [-0.3, -0.25) is 0 Å². The zero-order valence-corrected chi connectivity index (χ0v) is 11.1. The molecule has 1 aromatic heterocycles. The summed E-state index contributed by atoms with van der Waals surface area (Å²) in [5, 5.41) is 3.40. The third kappa shape index (κ3) is 3.07. The standard InChI is InChI=1S/C13H23N3O/c1-11(2)16-10-15-7-12(16)8-17-13(3)5-4-6-14-9-13/h7,10-11,14H,4-6,8-9H2,1-3H3. The van der Waals surface area contributed by atoms with Crippen LogP contribution < -0.4 is 5.32 Å². The molecule has 0 aliphatic carbocycles. The van der Waals surface area contributed by atoms with Gasteiger partial charge in [0.25, 0.3) is 0 Å². The summed E-state index contributed by atoms with van der Waals surface area (Å²) in [5.41, 5.74) is 1.14. The Kier molecular flexibility index (Phi) is 3.84. The van der Waals surface area contributed by atoms with Crippen LogP contribution in [0.15, 0.2) is 12.5 Å². The normalized spacial score (nSPS) is 25.4. The number of piperidine rings is 1. The summed E-state index contributed by atoms with van der Waals surface area (Å²) >= 11 is 0. The molecule has 96 valence electrons. The average Bonchev–Trinajstić information content (AvgIpc) is 2.76. The third-order valence-electron chi connectivity index (χ3n) is 3.43. The molecule has 1 N–H and O–H groups in total. The van der Waals surface area contributed by atoms with E-state index in [9.17, 15) is 0 Å². The lowest BCUT2D eigenvalue weighted by Crippen LogP contribution is -2.45. The monoisotopic (exact) mass is 237 g/mol. The molecule has 0 saturated carbocycles. The van der Waals surface area contributed by atoms with Crippen molar-refractivity contribution in [1.82, 2.24) is 14.9 Å². The summed E-state index contributed by atoms with van der Waals surface area (Å²) in [6, 6.07) is 0.438. The highest BCUT2D eigenvalue weighted by molar-refractivity contribution is 4.98. The van der Waals surface area contributed by atoms with Crippen molar-refractivity contribution in [2.75, 3.05) is 13.1 Å². The lowest BCUT2D eigenvalue weighted by atomic mass is 9.96. The fourth-order valence-electron chi connectivity index (χ4n) is 2.31. The predicted molar refractivity (Wildman–Crippen MR) is 67.9 cm³/mol. The van der Waals surface area contributed by atoms with Gasteiger partial charge >= 0.3 is 0 Å². The average molecular weight is 237 g/mol. The Hall–Kier alpha value is -0.870. The molecule has 1 atom stereocenters. The maximum atomic E-state index is 6.08. The Bertz CT molecular complexity index is 353. The molecular formula is C13H23N3O. The van der Waals surface area contributed by atoms with Crippen molar-refractivity contribution in [2.45, 2.75) is 51.9 Å². The van der Waals surface area contributed by atoms with E-state index in [0.717, 1.165) is 25.2 Å². The summed E-state index contributed by atoms with van der Waals surface area (Å²) in [5.74, 6) is 0. The Morgan fingerprint density at radius 3 is 3.06 bits per heavy atom. The number of imidazole rings is 1. The van der Waals surface area contributed by atoms with Crippen molar-refractivity contribution in [2.24, 2.45) is 0 Å². The van der Waals surface area contributed by atoms with Crippen LogP contribution in [0, 0.1) is 0 Å². The van der Waals surface area contributed by atoms with E-state index in [0.29, 0.717) is 12.6 Å². The first-order valence-electron chi connectivity index (χ1n) is 6.46. The molecule has 1 aromatic rings. The number of aromatic nitrogens is 2. The number of hydrogen-bond donors (Lipinski definition) is 1. The van der Waals surface area contributed by atoms with E-state index >= 15 is 0 Å². The van der Waals surface area contributed by atoms with Crippen molar-refractivity contribution < 1.29 is 4.74 Å². The van der Waals surface area contributed by atoms with Crippen LogP contribution in [0.1, 0.15) is 45.3 Å². The highest BCUT2D eigenvalue weighted by atomic mass is 16.5. The van der Waals surface area contributed by atoms with Gasteiger partial charge in [0.2, 0.25) is 0 Å². The lowest BCUT2D eigenvalue weighted by Gasteiger charge is -2.34. The van der Waals surface area contributed by atoms with Gasteiger partial charge in [-0.05, 0) is 40.2 Å².